The predicted molar refractivity (Wildman–Crippen MR) is 81.3 cm³/mol. The minimum absolute atomic E-state index is 0.0837. The number of aromatic nitrogens is 2. The van der Waals surface area contributed by atoms with Crippen molar-refractivity contribution in [2.45, 2.75) is 58.4 Å². The molecule has 2 aliphatic rings. The molecule has 21 heavy (non-hydrogen) atoms. The lowest BCUT2D eigenvalue weighted by Gasteiger charge is -2.42. The van der Waals surface area contributed by atoms with Gasteiger partial charge in [-0.2, -0.15) is 5.10 Å². The van der Waals surface area contributed by atoms with E-state index < -0.39 is 0 Å². The standard InChI is InChI=1S/C16H27N3O2/c1-12(2)19-9-15(14(4)17-19)8-18-7-13(3)21-16(10-18)5-6-20-11-16/h9,12-13H,5-8,10-11H2,1-4H3. The lowest BCUT2D eigenvalue weighted by atomic mass is 9.99. The zero-order chi connectivity index (χ0) is 15.0. The fourth-order valence-electron chi connectivity index (χ4n) is 3.44. The van der Waals surface area contributed by atoms with Crippen molar-refractivity contribution in [3.63, 3.8) is 0 Å². The molecule has 1 aromatic rings. The molecule has 118 valence electrons. The zero-order valence-electron chi connectivity index (χ0n) is 13.6. The molecule has 5 nitrogen and oxygen atoms in total. The van der Waals surface area contributed by atoms with Crippen LogP contribution in [0.1, 0.15) is 44.5 Å². The summed E-state index contributed by atoms with van der Waals surface area (Å²) in [7, 11) is 0. The maximum Gasteiger partial charge on any atom is 0.107 e. The third kappa shape index (κ3) is 3.15. The number of morpholine rings is 1. The zero-order valence-corrected chi connectivity index (χ0v) is 13.6. The van der Waals surface area contributed by atoms with Gasteiger partial charge in [-0.15, -0.1) is 0 Å². The summed E-state index contributed by atoms with van der Waals surface area (Å²) in [5, 5.41) is 4.62. The molecular formula is C16H27N3O2. The number of aryl methyl sites for hydroxylation is 1. The molecule has 1 aromatic heterocycles. The van der Waals surface area contributed by atoms with Crippen molar-refractivity contribution in [1.82, 2.24) is 14.7 Å². The lowest BCUT2D eigenvalue weighted by molar-refractivity contribution is -0.149. The van der Waals surface area contributed by atoms with Gasteiger partial charge in [0.1, 0.15) is 5.60 Å². The Morgan fingerprint density at radius 1 is 1.48 bits per heavy atom. The van der Waals surface area contributed by atoms with Crippen LogP contribution in [0.15, 0.2) is 6.20 Å². The molecule has 0 radical (unpaired) electrons. The maximum absolute atomic E-state index is 6.19. The molecule has 0 amide bonds. The Morgan fingerprint density at radius 2 is 2.29 bits per heavy atom. The van der Waals surface area contributed by atoms with Crippen molar-refractivity contribution in [1.29, 1.82) is 0 Å². The molecular weight excluding hydrogens is 266 g/mol. The summed E-state index contributed by atoms with van der Waals surface area (Å²) in [5.41, 5.74) is 2.38. The molecule has 2 atom stereocenters. The molecule has 2 fully saturated rings. The van der Waals surface area contributed by atoms with Crippen LogP contribution < -0.4 is 0 Å². The van der Waals surface area contributed by atoms with Gasteiger partial charge in [-0.3, -0.25) is 9.58 Å². The minimum atomic E-state index is -0.0837. The van der Waals surface area contributed by atoms with Crippen molar-refractivity contribution in [3.05, 3.63) is 17.5 Å². The number of hydrogen-bond acceptors (Lipinski definition) is 4. The van der Waals surface area contributed by atoms with Gasteiger partial charge in [0.05, 0.1) is 18.4 Å². The summed E-state index contributed by atoms with van der Waals surface area (Å²) >= 11 is 0. The first kappa shape index (κ1) is 15.0. The summed E-state index contributed by atoms with van der Waals surface area (Å²) in [4.78, 5) is 2.50. The fourth-order valence-corrected chi connectivity index (χ4v) is 3.44. The monoisotopic (exact) mass is 293 g/mol. The van der Waals surface area contributed by atoms with Crippen LogP contribution in [0.4, 0.5) is 0 Å². The Kier molecular flexibility index (Phi) is 4.08. The first-order chi connectivity index (χ1) is 9.97. The molecule has 0 aliphatic carbocycles. The Hall–Kier alpha value is -0.910. The second-order valence-corrected chi connectivity index (χ2v) is 6.90. The van der Waals surface area contributed by atoms with Crippen molar-refractivity contribution in [3.8, 4) is 0 Å². The molecule has 0 N–H and O–H groups in total. The third-order valence-corrected chi connectivity index (χ3v) is 4.49. The van der Waals surface area contributed by atoms with Gasteiger partial charge >= 0.3 is 0 Å². The van der Waals surface area contributed by atoms with Gasteiger partial charge in [0.15, 0.2) is 0 Å². The quantitative estimate of drug-likeness (QED) is 0.856. The molecule has 5 heteroatoms. The predicted octanol–water partition coefficient (Wildman–Crippen LogP) is 2.15. The topological polar surface area (TPSA) is 39.5 Å². The van der Waals surface area contributed by atoms with Gasteiger partial charge in [-0.05, 0) is 27.7 Å². The van der Waals surface area contributed by atoms with Crippen LogP contribution >= 0.6 is 0 Å². The maximum atomic E-state index is 6.19. The Morgan fingerprint density at radius 3 is 2.90 bits per heavy atom. The van der Waals surface area contributed by atoms with Crippen molar-refractivity contribution in [2.24, 2.45) is 0 Å². The van der Waals surface area contributed by atoms with E-state index in [1.807, 2.05) is 0 Å². The second kappa shape index (κ2) is 5.71. The Bertz CT molecular complexity index is 492. The molecule has 0 bridgehead atoms. The van der Waals surface area contributed by atoms with E-state index in [0.717, 1.165) is 45.0 Å². The smallest absolute Gasteiger partial charge is 0.107 e. The average molecular weight is 293 g/mol. The summed E-state index contributed by atoms with van der Waals surface area (Å²) in [6.45, 7) is 13.0. The van der Waals surface area contributed by atoms with E-state index in [9.17, 15) is 0 Å². The van der Waals surface area contributed by atoms with E-state index in [2.05, 4.69) is 48.6 Å². The minimum Gasteiger partial charge on any atom is -0.378 e. The van der Waals surface area contributed by atoms with E-state index in [0.29, 0.717) is 6.04 Å². The van der Waals surface area contributed by atoms with E-state index in [1.54, 1.807) is 0 Å². The molecule has 1 spiro atoms. The van der Waals surface area contributed by atoms with Crippen LogP contribution in [-0.2, 0) is 16.0 Å². The first-order valence-electron chi connectivity index (χ1n) is 8.00. The molecule has 2 aliphatic heterocycles. The van der Waals surface area contributed by atoms with Crippen LogP contribution in [0.3, 0.4) is 0 Å². The molecule has 3 heterocycles. The number of rotatable bonds is 3. The van der Waals surface area contributed by atoms with E-state index in [1.165, 1.54) is 5.56 Å². The van der Waals surface area contributed by atoms with E-state index in [-0.39, 0.29) is 11.7 Å². The highest BCUT2D eigenvalue weighted by Crippen LogP contribution is 2.30. The molecule has 0 saturated carbocycles. The van der Waals surface area contributed by atoms with Crippen molar-refractivity contribution in [2.75, 3.05) is 26.3 Å². The Labute approximate surface area is 127 Å². The third-order valence-electron chi connectivity index (χ3n) is 4.49. The number of ether oxygens (including phenoxy) is 2. The molecule has 2 saturated heterocycles. The van der Waals surface area contributed by atoms with Crippen LogP contribution in [0, 0.1) is 6.92 Å². The van der Waals surface area contributed by atoms with Crippen LogP contribution in [-0.4, -0.2) is 52.7 Å². The Balaban J connectivity index is 1.72. The number of nitrogens with zero attached hydrogens (tertiary/aromatic N) is 3. The highest BCUT2D eigenvalue weighted by molar-refractivity contribution is 5.16. The fraction of sp³-hybridized carbons (Fsp3) is 0.812. The van der Waals surface area contributed by atoms with Gasteiger partial charge in [-0.1, -0.05) is 0 Å². The largest absolute Gasteiger partial charge is 0.378 e. The van der Waals surface area contributed by atoms with Gasteiger partial charge in [0.2, 0.25) is 0 Å². The second-order valence-electron chi connectivity index (χ2n) is 6.90. The first-order valence-corrected chi connectivity index (χ1v) is 8.00. The van der Waals surface area contributed by atoms with Gasteiger partial charge < -0.3 is 9.47 Å². The summed E-state index contributed by atoms with van der Waals surface area (Å²) in [6.07, 6.45) is 3.47. The number of hydrogen-bond donors (Lipinski definition) is 0. The average Bonchev–Trinajstić information content (AvgIpc) is 2.97. The highest BCUT2D eigenvalue weighted by Gasteiger charge is 2.42. The van der Waals surface area contributed by atoms with Crippen molar-refractivity contribution < 1.29 is 9.47 Å². The van der Waals surface area contributed by atoms with Gasteiger partial charge in [-0.25, -0.2) is 0 Å². The summed E-state index contributed by atoms with van der Waals surface area (Å²) in [5.74, 6) is 0. The molecule has 3 rings (SSSR count). The summed E-state index contributed by atoms with van der Waals surface area (Å²) in [6, 6.07) is 0.413. The van der Waals surface area contributed by atoms with Crippen LogP contribution in [0.5, 0.6) is 0 Å². The van der Waals surface area contributed by atoms with E-state index >= 15 is 0 Å². The van der Waals surface area contributed by atoms with Crippen LogP contribution in [0.25, 0.3) is 0 Å². The summed E-state index contributed by atoms with van der Waals surface area (Å²) < 4.78 is 13.8. The molecule has 2 unspecified atom stereocenters. The molecule has 0 aromatic carbocycles. The van der Waals surface area contributed by atoms with Crippen molar-refractivity contribution >= 4 is 0 Å². The SMILES string of the molecule is Cc1nn(C(C)C)cc1CN1CC(C)OC2(CCOC2)C1. The van der Waals surface area contributed by atoms with Crippen LogP contribution in [0.2, 0.25) is 0 Å². The van der Waals surface area contributed by atoms with Gasteiger partial charge in [0.25, 0.3) is 0 Å². The normalized spacial score (nSPS) is 30.6. The lowest BCUT2D eigenvalue weighted by Crippen LogP contribution is -2.55. The van der Waals surface area contributed by atoms with Gasteiger partial charge in [0, 0.05) is 50.5 Å². The highest BCUT2D eigenvalue weighted by atomic mass is 16.6. The van der Waals surface area contributed by atoms with E-state index in [4.69, 9.17) is 9.47 Å².